The van der Waals surface area contributed by atoms with Crippen molar-refractivity contribution < 1.29 is 14.3 Å². The number of nitrogens with one attached hydrogen (secondary N) is 2. The number of para-hydroxylation sites is 1. The molecule has 0 aliphatic carbocycles. The van der Waals surface area contributed by atoms with E-state index < -0.39 is 0 Å². The van der Waals surface area contributed by atoms with Crippen molar-refractivity contribution in [2.24, 2.45) is 0 Å². The van der Waals surface area contributed by atoms with Crippen LogP contribution in [-0.4, -0.2) is 26.8 Å². The normalized spacial score (nSPS) is 11.6. The van der Waals surface area contributed by atoms with Gasteiger partial charge in [0.2, 0.25) is 0 Å². The van der Waals surface area contributed by atoms with Crippen molar-refractivity contribution in [2.45, 2.75) is 12.6 Å². The number of amides is 2. The van der Waals surface area contributed by atoms with Gasteiger partial charge in [0.25, 0.3) is 0 Å². The van der Waals surface area contributed by atoms with E-state index in [1.54, 1.807) is 14.2 Å². The molecule has 0 aliphatic rings. The Morgan fingerprint density at radius 2 is 1.70 bits per heavy atom. The summed E-state index contributed by atoms with van der Waals surface area (Å²) in [6.45, 7) is 0.844. The van der Waals surface area contributed by atoms with Crippen LogP contribution in [0.2, 0.25) is 0 Å². The number of hydrogen-bond acceptors (Lipinski definition) is 3. The van der Waals surface area contributed by atoms with E-state index in [4.69, 9.17) is 9.47 Å². The van der Waals surface area contributed by atoms with Crippen LogP contribution in [-0.2, 0) is 11.3 Å². The largest absolute Gasteiger partial charge is 0.496 e. The molecule has 2 N–H and O–H groups in total. The monoisotopic (exact) mass is 314 g/mol. The smallest absolute Gasteiger partial charge is 0.315 e. The van der Waals surface area contributed by atoms with Crippen molar-refractivity contribution in [1.29, 1.82) is 0 Å². The number of hydrogen-bond donors (Lipinski definition) is 2. The third kappa shape index (κ3) is 5.00. The summed E-state index contributed by atoms with van der Waals surface area (Å²) < 4.78 is 10.8. The predicted octanol–water partition coefficient (Wildman–Crippen LogP) is 2.88. The zero-order valence-electron chi connectivity index (χ0n) is 13.4. The summed E-state index contributed by atoms with van der Waals surface area (Å²) in [7, 11) is 3.23. The lowest BCUT2D eigenvalue weighted by Crippen LogP contribution is -2.37. The maximum absolute atomic E-state index is 11.9. The maximum atomic E-state index is 11.9. The maximum Gasteiger partial charge on any atom is 0.315 e. The van der Waals surface area contributed by atoms with Crippen LogP contribution in [0, 0.1) is 0 Å². The molecule has 0 spiro atoms. The number of methoxy groups -OCH3 is 2. The number of carbonyl (C=O) groups excluding carboxylic acids is 1. The summed E-state index contributed by atoms with van der Waals surface area (Å²) in [4.78, 5) is 11.9. The highest BCUT2D eigenvalue weighted by Crippen LogP contribution is 2.26. The topological polar surface area (TPSA) is 59.6 Å². The van der Waals surface area contributed by atoms with Crippen LogP contribution in [0.15, 0.2) is 54.6 Å². The van der Waals surface area contributed by atoms with Crippen molar-refractivity contribution in [3.63, 3.8) is 0 Å². The van der Waals surface area contributed by atoms with Crippen LogP contribution in [0.3, 0.4) is 0 Å². The molecule has 0 saturated carbocycles. The molecule has 5 nitrogen and oxygen atoms in total. The Labute approximate surface area is 136 Å². The molecule has 0 bridgehead atoms. The van der Waals surface area contributed by atoms with Crippen LogP contribution in [0.1, 0.15) is 17.2 Å². The lowest BCUT2D eigenvalue weighted by atomic mass is 10.1. The van der Waals surface area contributed by atoms with E-state index in [9.17, 15) is 4.79 Å². The number of urea groups is 1. The molecule has 5 heteroatoms. The fourth-order valence-corrected chi connectivity index (χ4v) is 2.28. The summed E-state index contributed by atoms with van der Waals surface area (Å²) in [5.41, 5.74) is 1.96. The average Bonchev–Trinajstić information content (AvgIpc) is 2.61. The molecule has 0 radical (unpaired) electrons. The van der Waals surface area contributed by atoms with Gasteiger partial charge < -0.3 is 20.1 Å². The zero-order valence-corrected chi connectivity index (χ0v) is 13.4. The molecule has 0 heterocycles. The Hall–Kier alpha value is -2.53. The standard InChI is InChI=1S/C18H22N2O3/c1-22-16-11-7-6-10-15(16)17(23-2)13-20-18(21)19-12-14-8-4-3-5-9-14/h3-11,17H,12-13H2,1-2H3,(H2,19,20,21)/t17-/m0/s1. The second kappa shape index (κ2) is 8.80. The molecule has 1 atom stereocenters. The van der Waals surface area contributed by atoms with E-state index in [0.717, 1.165) is 16.9 Å². The van der Waals surface area contributed by atoms with Crippen LogP contribution in [0.25, 0.3) is 0 Å². The zero-order chi connectivity index (χ0) is 16.5. The van der Waals surface area contributed by atoms with Crippen LogP contribution in [0.5, 0.6) is 5.75 Å². The first-order chi connectivity index (χ1) is 11.2. The highest BCUT2D eigenvalue weighted by atomic mass is 16.5. The molecule has 122 valence electrons. The Morgan fingerprint density at radius 3 is 2.39 bits per heavy atom. The van der Waals surface area contributed by atoms with E-state index in [-0.39, 0.29) is 12.1 Å². The first kappa shape index (κ1) is 16.8. The van der Waals surface area contributed by atoms with Gasteiger partial charge >= 0.3 is 6.03 Å². The first-order valence-electron chi connectivity index (χ1n) is 7.46. The minimum atomic E-state index is -0.270. The van der Waals surface area contributed by atoms with Crippen LogP contribution in [0.4, 0.5) is 4.79 Å². The predicted molar refractivity (Wildman–Crippen MR) is 89.4 cm³/mol. The summed E-state index contributed by atoms with van der Waals surface area (Å²) >= 11 is 0. The quantitative estimate of drug-likeness (QED) is 0.826. The van der Waals surface area contributed by atoms with Gasteiger partial charge in [-0.3, -0.25) is 0 Å². The van der Waals surface area contributed by atoms with E-state index in [2.05, 4.69) is 10.6 Å². The van der Waals surface area contributed by atoms with Crippen LogP contribution < -0.4 is 15.4 Å². The van der Waals surface area contributed by atoms with Crippen molar-refractivity contribution in [3.05, 3.63) is 65.7 Å². The van der Waals surface area contributed by atoms with Crippen LogP contribution >= 0.6 is 0 Å². The molecule has 2 aromatic rings. The highest BCUT2D eigenvalue weighted by Gasteiger charge is 2.16. The lowest BCUT2D eigenvalue weighted by molar-refractivity contribution is 0.101. The van der Waals surface area contributed by atoms with Crippen molar-refractivity contribution in [3.8, 4) is 5.75 Å². The molecule has 2 aromatic carbocycles. The third-order valence-corrected chi connectivity index (χ3v) is 3.51. The van der Waals surface area contributed by atoms with Crippen molar-refractivity contribution in [1.82, 2.24) is 10.6 Å². The first-order valence-corrected chi connectivity index (χ1v) is 7.46. The molecule has 0 saturated heterocycles. The van der Waals surface area contributed by atoms with Gasteiger partial charge in [-0.1, -0.05) is 48.5 Å². The van der Waals surface area contributed by atoms with E-state index >= 15 is 0 Å². The Kier molecular flexibility index (Phi) is 6.44. The van der Waals surface area contributed by atoms with Crippen molar-refractivity contribution in [2.75, 3.05) is 20.8 Å². The van der Waals surface area contributed by atoms with Gasteiger partial charge in [0, 0.05) is 25.8 Å². The minimum absolute atomic E-state index is 0.231. The number of rotatable bonds is 7. The number of carbonyl (C=O) groups is 1. The average molecular weight is 314 g/mol. The highest BCUT2D eigenvalue weighted by molar-refractivity contribution is 5.73. The Bertz CT molecular complexity index is 617. The Morgan fingerprint density at radius 1 is 1.00 bits per heavy atom. The fourth-order valence-electron chi connectivity index (χ4n) is 2.28. The summed E-state index contributed by atoms with van der Waals surface area (Å²) in [5, 5.41) is 5.64. The van der Waals surface area contributed by atoms with Gasteiger partial charge in [-0.15, -0.1) is 0 Å². The molecule has 23 heavy (non-hydrogen) atoms. The van der Waals surface area contributed by atoms with E-state index in [1.807, 2.05) is 54.6 Å². The molecule has 2 amide bonds. The molecule has 0 fully saturated rings. The van der Waals surface area contributed by atoms with Gasteiger partial charge in [-0.05, 0) is 11.6 Å². The van der Waals surface area contributed by atoms with E-state index in [1.165, 1.54) is 0 Å². The van der Waals surface area contributed by atoms with Crippen molar-refractivity contribution >= 4 is 6.03 Å². The molecule has 2 rings (SSSR count). The molecular formula is C18H22N2O3. The Balaban J connectivity index is 1.86. The second-order valence-electron chi connectivity index (χ2n) is 5.02. The minimum Gasteiger partial charge on any atom is -0.496 e. The fraction of sp³-hybridized carbons (Fsp3) is 0.278. The molecular weight excluding hydrogens is 292 g/mol. The third-order valence-electron chi connectivity index (χ3n) is 3.51. The van der Waals surface area contributed by atoms with Gasteiger partial charge in [0.05, 0.1) is 7.11 Å². The van der Waals surface area contributed by atoms with Gasteiger partial charge in [0.1, 0.15) is 11.9 Å². The molecule has 0 aromatic heterocycles. The summed E-state index contributed by atoms with van der Waals surface area (Å²) in [6.07, 6.45) is -0.270. The molecule has 0 aliphatic heterocycles. The SMILES string of the molecule is COc1ccccc1[C@H](CNC(=O)NCc1ccccc1)OC. The summed E-state index contributed by atoms with van der Waals surface area (Å²) in [5.74, 6) is 0.742. The second-order valence-corrected chi connectivity index (χ2v) is 5.02. The van der Waals surface area contributed by atoms with Gasteiger partial charge in [-0.2, -0.15) is 0 Å². The lowest BCUT2D eigenvalue weighted by Gasteiger charge is -2.19. The van der Waals surface area contributed by atoms with Gasteiger partial charge in [-0.25, -0.2) is 4.79 Å². The molecule has 0 unspecified atom stereocenters. The van der Waals surface area contributed by atoms with E-state index in [0.29, 0.717) is 13.1 Å². The number of benzene rings is 2. The van der Waals surface area contributed by atoms with Gasteiger partial charge in [0.15, 0.2) is 0 Å². The summed E-state index contributed by atoms with van der Waals surface area (Å²) in [6, 6.07) is 17.1. The number of ether oxygens (including phenoxy) is 2.